The Bertz CT molecular complexity index is 763. The molecule has 0 aromatic heterocycles. The summed E-state index contributed by atoms with van der Waals surface area (Å²) >= 11 is 0. The van der Waals surface area contributed by atoms with E-state index in [9.17, 15) is 9.59 Å². The van der Waals surface area contributed by atoms with E-state index >= 15 is 0 Å². The molecule has 0 heterocycles. The summed E-state index contributed by atoms with van der Waals surface area (Å²) in [6.07, 6.45) is 0.488. The summed E-state index contributed by atoms with van der Waals surface area (Å²) in [6, 6.07) is 17.3. The molecule has 1 unspecified atom stereocenters. The van der Waals surface area contributed by atoms with Crippen molar-refractivity contribution in [1.82, 2.24) is 5.32 Å². The maximum absolute atomic E-state index is 11.9. The summed E-state index contributed by atoms with van der Waals surface area (Å²) in [7, 11) is 0. The number of nitrogens with one attached hydrogen (secondary N) is 1. The highest BCUT2D eigenvalue weighted by atomic mass is 16.6. The van der Waals surface area contributed by atoms with Gasteiger partial charge in [-0.3, -0.25) is 4.79 Å². The van der Waals surface area contributed by atoms with Crippen LogP contribution in [-0.2, 0) is 33.7 Å². The summed E-state index contributed by atoms with van der Waals surface area (Å²) in [5, 5.41) is 2.84. The van der Waals surface area contributed by atoms with Crippen molar-refractivity contribution in [3.05, 3.63) is 71.3 Å². The topological polar surface area (TPSA) is 64.6 Å². The van der Waals surface area contributed by atoms with Gasteiger partial charge in [-0.25, -0.2) is 4.79 Å². The van der Waals surface area contributed by atoms with Crippen molar-refractivity contribution in [3.63, 3.8) is 0 Å². The fraction of sp³-hybridized carbons (Fsp3) is 0.391. The minimum absolute atomic E-state index is 0.0695. The maximum atomic E-state index is 11.9. The van der Waals surface area contributed by atoms with Crippen molar-refractivity contribution in [3.8, 4) is 0 Å². The standard InChI is InChI=1S/C23H29NO4/c1-17(24-22(26)27-16-20-8-6-5-7-9-20)14-18-10-12-19(13-11-18)15-21(25)28-23(2,3)4/h5-13,17H,14-16H2,1-4H3,(H,24,26). The van der Waals surface area contributed by atoms with Gasteiger partial charge in [0.1, 0.15) is 12.2 Å². The SMILES string of the molecule is CC(Cc1ccc(CC(=O)OC(C)(C)C)cc1)NC(=O)OCc1ccccc1. The molecule has 1 amide bonds. The van der Waals surface area contributed by atoms with Gasteiger partial charge < -0.3 is 14.8 Å². The third-order valence-electron chi connectivity index (χ3n) is 3.91. The summed E-state index contributed by atoms with van der Waals surface area (Å²) in [5.41, 5.74) is 2.45. The van der Waals surface area contributed by atoms with Gasteiger partial charge in [0, 0.05) is 6.04 Å². The molecule has 0 aliphatic heterocycles. The third-order valence-corrected chi connectivity index (χ3v) is 3.91. The number of carbonyl (C=O) groups excluding carboxylic acids is 2. The first-order chi connectivity index (χ1) is 13.2. The van der Waals surface area contributed by atoms with Crippen LogP contribution in [0.5, 0.6) is 0 Å². The molecule has 150 valence electrons. The fourth-order valence-corrected chi connectivity index (χ4v) is 2.71. The predicted molar refractivity (Wildman–Crippen MR) is 109 cm³/mol. The number of rotatable bonds is 7. The van der Waals surface area contributed by atoms with Crippen LogP contribution in [0.4, 0.5) is 4.79 Å². The molecular weight excluding hydrogens is 354 g/mol. The van der Waals surface area contributed by atoms with Crippen LogP contribution in [-0.4, -0.2) is 23.7 Å². The van der Waals surface area contributed by atoms with Crippen molar-refractivity contribution in [2.45, 2.75) is 58.8 Å². The Labute approximate surface area is 167 Å². The molecule has 2 aromatic rings. The highest BCUT2D eigenvalue weighted by molar-refractivity contribution is 5.73. The molecule has 28 heavy (non-hydrogen) atoms. The van der Waals surface area contributed by atoms with Crippen LogP contribution in [0, 0.1) is 0 Å². The zero-order valence-electron chi connectivity index (χ0n) is 17.0. The van der Waals surface area contributed by atoms with Crippen LogP contribution in [0.15, 0.2) is 54.6 Å². The van der Waals surface area contributed by atoms with Crippen LogP contribution in [0.3, 0.4) is 0 Å². The Morgan fingerprint density at radius 2 is 1.54 bits per heavy atom. The monoisotopic (exact) mass is 383 g/mol. The highest BCUT2D eigenvalue weighted by Crippen LogP contribution is 2.12. The normalized spacial score (nSPS) is 12.1. The average Bonchev–Trinajstić information content (AvgIpc) is 2.61. The molecule has 5 heteroatoms. The van der Waals surface area contributed by atoms with Crippen LogP contribution in [0.25, 0.3) is 0 Å². The number of esters is 1. The number of hydrogen-bond acceptors (Lipinski definition) is 4. The third kappa shape index (κ3) is 8.25. The van der Waals surface area contributed by atoms with Crippen LogP contribution in [0.2, 0.25) is 0 Å². The van der Waals surface area contributed by atoms with Gasteiger partial charge in [0.15, 0.2) is 0 Å². The lowest BCUT2D eigenvalue weighted by molar-refractivity contribution is -0.153. The van der Waals surface area contributed by atoms with Crippen molar-refractivity contribution in [2.75, 3.05) is 0 Å². The van der Waals surface area contributed by atoms with E-state index in [2.05, 4.69) is 5.32 Å². The minimum atomic E-state index is -0.479. The molecule has 1 N–H and O–H groups in total. The molecule has 5 nitrogen and oxygen atoms in total. The van der Waals surface area contributed by atoms with Gasteiger partial charge in [-0.15, -0.1) is 0 Å². The van der Waals surface area contributed by atoms with E-state index in [1.54, 1.807) is 0 Å². The first-order valence-corrected chi connectivity index (χ1v) is 9.48. The smallest absolute Gasteiger partial charge is 0.407 e. The molecule has 1 atom stereocenters. The van der Waals surface area contributed by atoms with E-state index in [4.69, 9.17) is 9.47 Å². The first-order valence-electron chi connectivity index (χ1n) is 9.48. The number of alkyl carbamates (subject to hydrolysis) is 1. The maximum Gasteiger partial charge on any atom is 0.407 e. The second-order valence-electron chi connectivity index (χ2n) is 7.89. The zero-order chi connectivity index (χ0) is 20.6. The number of carbonyl (C=O) groups is 2. The largest absolute Gasteiger partial charge is 0.460 e. The molecule has 0 bridgehead atoms. The highest BCUT2D eigenvalue weighted by Gasteiger charge is 2.16. The number of hydrogen-bond donors (Lipinski definition) is 1. The Morgan fingerprint density at radius 1 is 0.929 bits per heavy atom. The second kappa shape index (κ2) is 9.93. The van der Waals surface area contributed by atoms with Crippen LogP contribution < -0.4 is 5.32 Å². The Kier molecular flexibility index (Phi) is 7.61. The molecule has 2 rings (SSSR count). The van der Waals surface area contributed by atoms with Gasteiger partial charge in [0.2, 0.25) is 0 Å². The summed E-state index contributed by atoms with van der Waals surface area (Å²) < 4.78 is 10.6. The summed E-state index contributed by atoms with van der Waals surface area (Å²) in [4.78, 5) is 23.8. The number of ether oxygens (including phenoxy) is 2. The molecule has 0 fully saturated rings. The van der Waals surface area contributed by atoms with Crippen LogP contribution >= 0.6 is 0 Å². The van der Waals surface area contributed by atoms with Gasteiger partial charge in [0.25, 0.3) is 0 Å². The van der Waals surface area contributed by atoms with E-state index in [0.29, 0.717) is 6.42 Å². The number of amides is 1. The summed E-state index contributed by atoms with van der Waals surface area (Å²) in [6.45, 7) is 7.74. The Morgan fingerprint density at radius 3 is 2.14 bits per heavy atom. The van der Waals surface area contributed by atoms with Gasteiger partial charge in [-0.2, -0.15) is 0 Å². The predicted octanol–water partition coefficient (Wildman–Crippen LogP) is 4.43. The van der Waals surface area contributed by atoms with Crippen molar-refractivity contribution in [2.24, 2.45) is 0 Å². The van der Waals surface area contributed by atoms with Gasteiger partial charge in [-0.1, -0.05) is 54.6 Å². The van der Waals surface area contributed by atoms with E-state index in [0.717, 1.165) is 16.7 Å². The van der Waals surface area contributed by atoms with Crippen LogP contribution in [0.1, 0.15) is 44.4 Å². The first kappa shape index (κ1) is 21.5. The van der Waals surface area contributed by atoms with E-state index in [1.807, 2.05) is 82.3 Å². The van der Waals surface area contributed by atoms with E-state index in [-0.39, 0.29) is 25.0 Å². The molecule has 0 saturated heterocycles. The average molecular weight is 383 g/mol. The molecule has 0 saturated carbocycles. The fourth-order valence-electron chi connectivity index (χ4n) is 2.71. The Balaban J connectivity index is 1.76. The molecule has 0 spiro atoms. The van der Waals surface area contributed by atoms with Gasteiger partial charge in [-0.05, 0) is 50.8 Å². The molecule has 0 aliphatic rings. The molecule has 0 aliphatic carbocycles. The second-order valence-corrected chi connectivity index (χ2v) is 7.89. The zero-order valence-corrected chi connectivity index (χ0v) is 17.0. The van der Waals surface area contributed by atoms with E-state index < -0.39 is 11.7 Å². The minimum Gasteiger partial charge on any atom is -0.460 e. The van der Waals surface area contributed by atoms with E-state index in [1.165, 1.54) is 0 Å². The lowest BCUT2D eigenvalue weighted by atomic mass is 10.0. The van der Waals surface area contributed by atoms with Crippen molar-refractivity contribution < 1.29 is 19.1 Å². The lowest BCUT2D eigenvalue weighted by Gasteiger charge is -2.19. The molecule has 0 radical (unpaired) electrons. The Hall–Kier alpha value is -2.82. The molecule has 2 aromatic carbocycles. The van der Waals surface area contributed by atoms with Crippen molar-refractivity contribution >= 4 is 12.1 Å². The quantitative estimate of drug-likeness (QED) is 0.719. The van der Waals surface area contributed by atoms with Gasteiger partial charge in [0.05, 0.1) is 6.42 Å². The van der Waals surface area contributed by atoms with Crippen molar-refractivity contribution in [1.29, 1.82) is 0 Å². The summed E-state index contributed by atoms with van der Waals surface area (Å²) in [5.74, 6) is -0.239. The molecular formula is C23H29NO4. The lowest BCUT2D eigenvalue weighted by Crippen LogP contribution is -2.34. The van der Waals surface area contributed by atoms with Gasteiger partial charge >= 0.3 is 12.1 Å². The number of benzene rings is 2.